The van der Waals surface area contributed by atoms with Gasteiger partial charge in [-0.1, -0.05) is 30.3 Å². The molecule has 1 atom stereocenters. The van der Waals surface area contributed by atoms with E-state index in [-0.39, 0.29) is 12.0 Å². The zero-order valence-corrected chi connectivity index (χ0v) is 17.7. The third-order valence-electron chi connectivity index (χ3n) is 4.97. The fourth-order valence-corrected chi connectivity index (χ4v) is 3.84. The zero-order valence-electron chi connectivity index (χ0n) is 16.8. The Kier molecular flexibility index (Phi) is 6.14. The van der Waals surface area contributed by atoms with E-state index in [1.165, 1.54) is 6.20 Å². The van der Waals surface area contributed by atoms with E-state index in [1.54, 1.807) is 48.5 Å². The van der Waals surface area contributed by atoms with Gasteiger partial charge in [0.15, 0.2) is 0 Å². The summed E-state index contributed by atoms with van der Waals surface area (Å²) < 4.78 is 67.8. The first-order valence-corrected chi connectivity index (χ1v) is 10.7. The first-order valence-electron chi connectivity index (χ1n) is 9.65. The number of carbonyl (C=O) groups is 1. The van der Waals surface area contributed by atoms with E-state index in [0.717, 1.165) is 17.1 Å². The molecule has 1 aliphatic rings. The van der Waals surface area contributed by atoms with Crippen molar-refractivity contribution in [3.8, 4) is 5.75 Å². The predicted molar refractivity (Wildman–Crippen MR) is 114 cm³/mol. The topological polar surface area (TPSA) is 88.9 Å². The summed E-state index contributed by atoms with van der Waals surface area (Å²) in [6.45, 7) is 0. The minimum atomic E-state index is -4.86. The van der Waals surface area contributed by atoms with E-state index < -0.39 is 40.3 Å². The van der Waals surface area contributed by atoms with Gasteiger partial charge in [0.25, 0.3) is 16.9 Å². The highest BCUT2D eigenvalue weighted by Gasteiger charge is 2.41. The fourth-order valence-electron chi connectivity index (χ4n) is 3.55. The number of amides is 1. The van der Waals surface area contributed by atoms with Crippen LogP contribution < -0.4 is 9.19 Å². The second-order valence-corrected chi connectivity index (χ2v) is 7.70. The van der Waals surface area contributed by atoms with Gasteiger partial charge in [-0.2, -0.15) is 31.7 Å². The summed E-state index contributed by atoms with van der Waals surface area (Å²) in [6.07, 6.45) is -3.47. The molecule has 3 aromatic rings. The molecule has 0 radical (unpaired) electrons. The molecule has 0 aliphatic carbocycles. The molecule has 1 aliphatic heterocycles. The lowest BCUT2D eigenvalue weighted by molar-refractivity contribution is -0.138. The van der Waals surface area contributed by atoms with Gasteiger partial charge in [-0.3, -0.25) is 9.78 Å². The van der Waals surface area contributed by atoms with E-state index in [4.69, 9.17) is 0 Å². The van der Waals surface area contributed by atoms with Gasteiger partial charge in [-0.15, -0.1) is 0 Å². The van der Waals surface area contributed by atoms with E-state index >= 15 is 0 Å². The van der Waals surface area contributed by atoms with Crippen LogP contribution in [0.4, 0.5) is 18.9 Å². The highest BCUT2D eigenvalue weighted by Crippen LogP contribution is 2.41. The molecule has 2 heterocycles. The van der Waals surface area contributed by atoms with Gasteiger partial charge in [0, 0.05) is 12.6 Å². The number of halogens is 3. The number of carbonyl (C=O) groups excluding carboxylic acids is 1. The van der Waals surface area contributed by atoms with Crippen molar-refractivity contribution in [2.24, 2.45) is 5.10 Å². The number of rotatable bonds is 5. The van der Waals surface area contributed by atoms with Gasteiger partial charge in [-0.25, -0.2) is 0 Å². The summed E-state index contributed by atoms with van der Waals surface area (Å²) in [5.41, 5.74) is -0.332. The summed E-state index contributed by atoms with van der Waals surface area (Å²) >= 11 is 0. The van der Waals surface area contributed by atoms with Crippen molar-refractivity contribution in [2.45, 2.75) is 18.5 Å². The van der Waals surface area contributed by atoms with E-state index in [2.05, 4.69) is 14.3 Å². The second-order valence-electron chi connectivity index (χ2n) is 7.07. The average molecular weight is 475 g/mol. The molecule has 0 N–H and O–H groups in total. The highest BCUT2D eigenvalue weighted by atomic mass is 32.2. The molecule has 0 spiro atoms. The van der Waals surface area contributed by atoms with Crippen molar-refractivity contribution in [1.82, 2.24) is 4.98 Å². The Morgan fingerprint density at radius 1 is 1.00 bits per heavy atom. The summed E-state index contributed by atoms with van der Waals surface area (Å²) in [5, 5.41) is 5.45. The molecule has 170 valence electrons. The number of hydrogen-bond donors (Lipinski definition) is 1. The van der Waals surface area contributed by atoms with Crippen molar-refractivity contribution in [3.05, 3.63) is 89.7 Å². The lowest BCUT2D eigenvalue weighted by atomic mass is 9.86. The molecule has 1 unspecified atom stereocenters. The van der Waals surface area contributed by atoms with Crippen LogP contribution in [-0.4, -0.2) is 25.0 Å². The summed E-state index contributed by atoms with van der Waals surface area (Å²) in [4.78, 5) is 17.6. The van der Waals surface area contributed by atoms with Crippen LogP contribution in [0.15, 0.2) is 78.0 Å². The standard InChI is InChI=1S/C22H16F3N3O4S/c23-22(24,25)18-12-15(32-33(30)31)9-10-16(18)17-13-20(19-8-4-5-11-26-19)27-28(21(17)29)14-6-2-1-3-7-14/h1-12,17,33H,13H2. The van der Waals surface area contributed by atoms with Crippen LogP contribution in [0.2, 0.25) is 0 Å². The fraction of sp³-hybridized carbons (Fsp3) is 0.136. The minimum absolute atomic E-state index is 0.127. The smallest absolute Gasteiger partial charge is 0.384 e. The zero-order chi connectivity index (χ0) is 23.6. The van der Waals surface area contributed by atoms with Crippen LogP contribution in [0.5, 0.6) is 5.75 Å². The Hall–Kier alpha value is -3.73. The van der Waals surface area contributed by atoms with E-state index in [1.807, 2.05) is 0 Å². The summed E-state index contributed by atoms with van der Waals surface area (Å²) in [7, 11) is -3.40. The summed E-state index contributed by atoms with van der Waals surface area (Å²) in [6, 6.07) is 16.1. The molecule has 2 aromatic carbocycles. The van der Waals surface area contributed by atoms with Crippen molar-refractivity contribution in [2.75, 3.05) is 5.01 Å². The number of benzene rings is 2. The Bertz CT molecular complexity index is 1270. The molecule has 11 heteroatoms. The number of para-hydroxylation sites is 1. The molecule has 0 saturated heterocycles. The largest absolute Gasteiger partial charge is 0.416 e. The van der Waals surface area contributed by atoms with Gasteiger partial charge < -0.3 is 4.18 Å². The molecule has 33 heavy (non-hydrogen) atoms. The lowest BCUT2D eigenvalue weighted by Gasteiger charge is -2.31. The average Bonchev–Trinajstić information content (AvgIpc) is 2.79. The lowest BCUT2D eigenvalue weighted by Crippen LogP contribution is -2.38. The number of aromatic nitrogens is 1. The Labute approximate surface area is 188 Å². The second kappa shape index (κ2) is 9.02. The Balaban J connectivity index is 1.85. The first-order chi connectivity index (χ1) is 15.7. The normalized spacial score (nSPS) is 16.6. The summed E-state index contributed by atoms with van der Waals surface area (Å²) in [5.74, 6) is -2.40. The highest BCUT2D eigenvalue weighted by molar-refractivity contribution is 7.67. The number of anilines is 1. The third-order valence-corrected chi connectivity index (χ3v) is 5.33. The van der Waals surface area contributed by atoms with Gasteiger partial charge in [0.1, 0.15) is 5.75 Å². The number of hydrogen-bond acceptors (Lipinski definition) is 6. The van der Waals surface area contributed by atoms with Crippen LogP contribution >= 0.6 is 0 Å². The predicted octanol–water partition coefficient (Wildman–Crippen LogP) is 3.93. The maximum absolute atomic E-state index is 13.9. The molecule has 4 rings (SSSR count). The van der Waals surface area contributed by atoms with Crippen LogP contribution in [0.1, 0.15) is 29.2 Å². The van der Waals surface area contributed by atoms with Crippen molar-refractivity contribution >= 4 is 28.3 Å². The minimum Gasteiger partial charge on any atom is -0.384 e. The van der Waals surface area contributed by atoms with Gasteiger partial charge in [-0.05, 0) is 42.0 Å². The van der Waals surface area contributed by atoms with Crippen molar-refractivity contribution < 1.29 is 30.6 Å². The molecule has 0 fully saturated rings. The van der Waals surface area contributed by atoms with Crippen LogP contribution in [0, 0.1) is 0 Å². The molecule has 7 nitrogen and oxygen atoms in total. The number of thiol groups is 1. The number of pyridine rings is 1. The molecular formula is C22H16F3N3O4S. The maximum atomic E-state index is 13.9. The van der Waals surface area contributed by atoms with Crippen LogP contribution in [0.25, 0.3) is 0 Å². The number of alkyl halides is 3. The molecular weight excluding hydrogens is 459 g/mol. The van der Waals surface area contributed by atoms with E-state index in [9.17, 15) is 26.4 Å². The number of nitrogens with zero attached hydrogens (tertiary/aromatic N) is 3. The Morgan fingerprint density at radius 2 is 1.73 bits per heavy atom. The van der Waals surface area contributed by atoms with Crippen LogP contribution in [0.3, 0.4) is 0 Å². The molecule has 0 bridgehead atoms. The molecule has 1 amide bonds. The quantitative estimate of drug-likeness (QED) is 0.565. The number of hydrazone groups is 1. The maximum Gasteiger partial charge on any atom is 0.416 e. The van der Waals surface area contributed by atoms with Crippen LogP contribution in [-0.2, 0) is 22.0 Å². The third kappa shape index (κ3) is 4.87. The van der Waals surface area contributed by atoms with E-state index in [0.29, 0.717) is 23.2 Å². The molecule has 1 aromatic heterocycles. The first kappa shape index (κ1) is 22.5. The van der Waals surface area contributed by atoms with Crippen molar-refractivity contribution in [3.63, 3.8) is 0 Å². The monoisotopic (exact) mass is 475 g/mol. The van der Waals surface area contributed by atoms with Gasteiger partial charge in [0.05, 0.1) is 28.6 Å². The SMILES string of the molecule is O=C1C(c2ccc(O[SH](=O)=O)cc2C(F)(F)F)CC(c2ccccn2)=NN1c1ccccc1. The van der Waals surface area contributed by atoms with Crippen molar-refractivity contribution in [1.29, 1.82) is 0 Å². The van der Waals surface area contributed by atoms with Gasteiger partial charge in [0.2, 0.25) is 0 Å². The van der Waals surface area contributed by atoms with Gasteiger partial charge >= 0.3 is 6.18 Å². The molecule has 0 saturated carbocycles. The Morgan fingerprint density at radius 3 is 2.36 bits per heavy atom.